The summed E-state index contributed by atoms with van der Waals surface area (Å²) >= 11 is 0. The van der Waals surface area contributed by atoms with Gasteiger partial charge in [-0.3, -0.25) is 0 Å². The number of aliphatic hydroxyl groups excluding tert-OH is 1. The summed E-state index contributed by atoms with van der Waals surface area (Å²) in [5.41, 5.74) is 0.754. The monoisotopic (exact) mass is 251 g/mol. The number of benzene rings is 1. The Kier molecular flexibility index (Phi) is 4.72. The SMILES string of the molecule is CC(Cc1ccccc1F)NCC1CCCC1O. The second kappa shape index (κ2) is 6.30. The summed E-state index contributed by atoms with van der Waals surface area (Å²) in [6, 6.07) is 7.15. The largest absolute Gasteiger partial charge is 0.393 e. The predicted molar refractivity (Wildman–Crippen MR) is 70.9 cm³/mol. The quantitative estimate of drug-likeness (QED) is 0.842. The van der Waals surface area contributed by atoms with Crippen LogP contribution in [0.5, 0.6) is 0 Å². The fourth-order valence-corrected chi connectivity index (χ4v) is 2.67. The van der Waals surface area contributed by atoms with Crippen molar-refractivity contribution >= 4 is 0 Å². The van der Waals surface area contributed by atoms with Crippen molar-refractivity contribution in [2.75, 3.05) is 6.54 Å². The van der Waals surface area contributed by atoms with E-state index in [1.165, 1.54) is 6.07 Å². The van der Waals surface area contributed by atoms with Crippen LogP contribution in [0.25, 0.3) is 0 Å². The molecular formula is C15H22FNO. The smallest absolute Gasteiger partial charge is 0.126 e. The molecule has 0 aromatic heterocycles. The van der Waals surface area contributed by atoms with Gasteiger partial charge in [0.2, 0.25) is 0 Å². The Labute approximate surface area is 108 Å². The molecule has 18 heavy (non-hydrogen) atoms. The molecule has 1 saturated carbocycles. The zero-order valence-electron chi connectivity index (χ0n) is 10.9. The van der Waals surface area contributed by atoms with Crippen LogP contribution in [0.3, 0.4) is 0 Å². The first kappa shape index (κ1) is 13.5. The number of aliphatic hydroxyl groups is 1. The van der Waals surface area contributed by atoms with Gasteiger partial charge in [0.15, 0.2) is 0 Å². The molecule has 0 spiro atoms. The maximum absolute atomic E-state index is 13.5. The lowest BCUT2D eigenvalue weighted by Crippen LogP contribution is -2.35. The molecule has 1 aliphatic rings. The molecule has 1 fully saturated rings. The summed E-state index contributed by atoms with van der Waals surface area (Å²) in [4.78, 5) is 0. The van der Waals surface area contributed by atoms with Crippen LogP contribution in [0.15, 0.2) is 24.3 Å². The van der Waals surface area contributed by atoms with Gasteiger partial charge in [-0.15, -0.1) is 0 Å². The lowest BCUT2D eigenvalue weighted by molar-refractivity contribution is 0.130. The maximum atomic E-state index is 13.5. The molecule has 0 bridgehead atoms. The highest BCUT2D eigenvalue weighted by atomic mass is 19.1. The summed E-state index contributed by atoms with van der Waals surface area (Å²) in [6.45, 7) is 2.89. The standard InChI is InChI=1S/C15H22FNO/c1-11(9-12-5-2-3-7-14(12)16)17-10-13-6-4-8-15(13)18/h2-3,5,7,11,13,15,17-18H,4,6,8-10H2,1H3. The minimum Gasteiger partial charge on any atom is -0.393 e. The first-order chi connectivity index (χ1) is 8.66. The molecular weight excluding hydrogens is 229 g/mol. The Hall–Kier alpha value is -0.930. The zero-order chi connectivity index (χ0) is 13.0. The van der Waals surface area contributed by atoms with Gasteiger partial charge in [0.05, 0.1) is 6.10 Å². The van der Waals surface area contributed by atoms with Crippen LogP contribution >= 0.6 is 0 Å². The van der Waals surface area contributed by atoms with E-state index in [-0.39, 0.29) is 18.0 Å². The third-order valence-electron chi connectivity index (χ3n) is 3.83. The Bertz CT molecular complexity index is 383. The fourth-order valence-electron chi connectivity index (χ4n) is 2.67. The fraction of sp³-hybridized carbons (Fsp3) is 0.600. The second-order valence-corrected chi connectivity index (χ2v) is 5.36. The lowest BCUT2D eigenvalue weighted by atomic mass is 10.0. The van der Waals surface area contributed by atoms with E-state index in [1.807, 2.05) is 12.1 Å². The molecule has 1 aromatic rings. The number of hydrogen-bond donors (Lipinski definition) is 2. The molecule has 100 valence electrons. The molecule has 0 saturated heterocycles. The topological polar surface area (TPSA) is 32.3 Å². The summed E-state index contributed by atoms with van der Waals surface area (Å²) < 4.78 is 13.5. The number of halogens is 1. The summed E-state index contributed by atoms with van der Waals surface area (Å²) in [5, 5.41) is 13.1. The highest BCUT2D eigenvalue weighted by molar-refractivity contribution is 5.18. The van der Waals surface area contributed by atoms with E-state index >= 15 is 0 Å². The van der Waals surface area contributed by atoms with Crippen LogP contribution in [0.1, 0.15) is 31.7 Å². The van der Waals surface area contributed by atoms with Gasteiger partial charge in [-0.2, -0.15) is 0 Å². The Balaban J connectivity index is 1.78. The summed E-state index contributed by atoms with van der Waals surface area (Å²) in [6.07, 6.45) is 3.68. The van der Waals surface area contributed by atoms with Gasteiger partial charge in [-0.25, -0.2) is 4.39 Å². The highest BCUT2D eigenvalue weighted by Crippen LogP contribution is 2.24. The lowest BCUT2D eigenvalue weighted by Gasteiger charge is -2.19. The van der Waals surface area contributed by atoms with Gasteiger partial charge in [0.25, 0.3) is 0 Å². The van der Waals surface area contributed by atoms with Gasteiger partial charge in [-0.1, -0.05) is 24.6 Å². The van der Waals surface area contributed by atoms with Crippen molar-refractivity contribution < 1.29 is 9.50 Å². The van der Waals surface area contributed by atoms with Crippen molar-refractivity contribution in [3.63, 3.8) is 0 Å². The van der Waals surface area contributed by atoms with Crippen molar-refractivity contribution in [2.24, 2.45) is 5.92 Å². The van der Waals surface area contributed by atoms with E-state index in [9.17, 15) is 9.50 Å². The van der Waals surface area contributed by atoms with Gasteiger partial charge in [0, 0.05) is 12.6 Å². The van der Waals surface area contributed by atoms with E-state index < -0.39 is 0 Å². The minimum atomic E-state index is -0.154. The predicted octanol–water partition coefficient (Wildman–Crippen LogP) is 2.51. The van der Waals surface area contributed by atoms with Gasteiger partial charge in [0.1, 0.15) is 5.82 Å². The van der Waals surface area contributed by atoms with Crippen molar-refractivity contribution in [2.45, 2.75) is 44.8 Å². The van der Waals surface area contributed by atoms with Crippen LogP contribution in [-0.4, -0.2) is 23.8 Å². The van der Waals surface area contributed by atoms with Crippen LogP contribution in [-0.2, 0) is 6.42 Å². The van der Waals surface area contributed by atoms with E-state index in [2.05, 4.69) is 12.2 Å². The molecule has 0 radical (unpaired) electrons. The molecule has 1 aliphatic carbocycles. The van der Waals surface area contributed by atoms with Crippen molar-refractivity contribution in [3.05, 3.63) is 35.6 Å². The number of hydrogen-bond acceptors (Lipinski definition) is 2. The minimum absolute atomic E-state index is 0.132. The molecule has 2 N–H and O–H groups in total. The first-order valence-corrected chi connectivity index (χ1v) is 6.81. The highest BCUT2D eigenvalue weighted by Gasteiger charge is 2.25. The summed E-state index contributed by atoms with van der Waals surface area (Å²) in [7, 11) is 0. The number of rotatable bonds is 5. The van der Waals surface area contributed by atoms with E-state index in [4.69, 9.17) is 0 Å². The third-order valence-corrected chi connectivity index (χ3v) is 3.83. The molecule has 1 aromatic carbocycles. The second-order valence-electron chi connectivity index (χ2n) is 5.36. The average molecular weight is 251 g/mol. The van der Waals surface area contributed by atoms with Gasteiger partial charge < -0.3 is 10.4 Å². The molecule has 3 heteroatoms. The van der Waals surface area contributed by atoms with E-state index in [1.54, 1.807) is 6.07 Å². The van der Waals surface area contributed by atoms with Crippen LogP contribution in [0, 0.1) is 11.7 Å². The molecule has 3 atom stereocenters. The first-order valence-electron chi connectivity index (χ1n) is 6.81. The molecule has 0 heterocycles. The molecule has 0 aliphatic heterocycles. The van der Waals surface area contributed by atoms with Crippen LogP contribution in [0.2, 0.25) is 0 Å². The molecule has 2 rings (SSSR count). The molecule has 3 unspecified atom stereocenters. The van der Waals surface area contributed by atoms with Crippen molar-refractivity contribution in [1.82, 2.24) is 5.32 Å². The Morgan fingerprint density at radius 2 is 2.17 bits per heavy atom. The average Bonchev–Trinajstić information content (AvgIpc) is 2.75. The molecule has 2 nitrogen and oxygen atoms in total. The Morgan fingerprint density at radius 3 is 2.83 bits per heavy atom. The normalized spacial score (nSPS) is 25.3. The Morgan fingerprint density at radius 1 is 1.39 bits per heavy atom. The number of nitrogens with one attached hydrogen (secondary N) is 1. The van der Waals surface area contributed by atoms with E-state index in [0.717, 1.165) is 31.4 Å². The van der Waals surface area contributed by atoms with Gasteiger partial charge >= 0.3 is 0 Å². The maximum Gasteiger partial charge on any atom is 0.126 e. The molecule has 0 amide bonds. The van der Waals surface area contributed by atoms with Crippen molar-refractivity contribution in [3.8, 4) is 0 Å². The van der Waals surface area contributed by atoms with Gasteiger partial charge in [-0.05, 0) is 43.7 Å². The zero-order valence-corrected chi connectivity index (χ0v) is 10.9. The third kappa shape index (κ3) is 3.53. The van der Waals surface area contributed by atoms with Crippen LogP contribution < -0.4 is 5.32 Å². The van der Waals surface area contributed by atoms with Crippen molar-refractivity contribution in [1.29, 1.82) is 0 Å². The van der Waals surface area contributed by atoms with Crippen LogP contribution in [0.4, 0.5) is 4.39 Å². The summed E-state index contributed by atoms with van der Waals surface area (Å²) in [5.74, 6) is 0.236. The van der Waals surface area contributed by atoms with E-state index in [0.29, 0.717) is 12.3 Å².